The summed E-state index contributed by atoms with van der Waals surface area (Å²) in [5.74, 6) is 0. The summed E-state index contributed by atoms with van der Waals surface area (Å²) in [7, 11) is 0. The fraction of sp³-hybridized carbons (Fsp3) is 0.500. The molecule has 0 aromatic carbocycles. The summed E-state index contributed by atoms with van der Waals surface area (Å²) in [6, 6.07) is 0. The second-order valence-corrected chi connectivity index (χ2v) is 4.40. The van der Waals surface area contributed by atoms with Crippen LogP contribution in [0.3, 0.4) is 0 Å². The Morgan fingerprint density at radius 1 is 1.56 bits per heavy atom. The number of fused-ring (bicyclic) bond motifs is 3. The van der Waals surface area contributed by atoms with Gasteiger partial charge in [0, 0.05) is 12.1 Å². The lowest BCUT2D eigenvalue weighted by Crippen LogP contribution is -2.23. The third kappa shape index (κ3) is 1.83. The monoisotopic (exact) mass is 249 g/mol. The zero-order chi connectivity index (χ0) is 12.5. The lowest BCUT2D eigenvalue weighted by molar-refractivity contribution is -0.322. The standard InChI is InChI=1S/C12H15N3O3/c1-2-17-18-7-3-4-9-8(5-7)10-11(15-9)13-6-14-12(10)16/h6-7H,2-5H2,1H3,(H2,13,14,15,16). The number of rotatable bonds is 3. The molecule has 6 heteroatoms. The Morgan fingerprint density at radius 3 is 3.28 bits per heavy atom. The maximum atomic E-state index is 11.8. The SMILES string of the molecule is CCOOC1CCc2[nH]c3nc[nH]c(=O)c3c2C1. The van der Waals surface area contributed by atoms with Gasteiger partial charge in [-0.2, -0.15) is 0 Å². The number of hydrogen-bond acceptors (Lipinski definition) is 4. The molecule has 0 saturated heterocycles. The third-order valence-electron chi connectivity index (χ3n) is 3.26. The van der Waals surface area contributed by atoms with Crippen LogP contribution in [0.5, 0.6) is 0 Å². The molecule has 0 radical (unpaired) electrons. The molecule has 96 valence electrons. The van der Waals surface area contributed by atoms with Crippen molar-refractivity contribution in [2.45, 2.75) is 32.3 Å². The quantitative estimate of drug-likeness (QED) is 0.630. The van der Waals surface area contributed by atoms with Crippen LogP contribution < -0.4 is 5.56 Å². The van der Waals surface area contributed by atoms with Gasteiger partial charge in [-0.1, -0.05) is 0 Å². The van der Waals surface area contributed by atoms with Crippen LogP contribution in [0.4, 0.5) is 0 Å². The molecule has 6 nitrogen and oxygen atoms in total. The molecule has 1 unspecified atom stereocenters. The largest absolute Gasteiger partial charge is 0.343 e. The molecule has 1 aliphatic carbocycles. The van der Waals surface area contributed by atoms with E-state index in [1.165, 1.54) is 6.33 Å². The van der Waals surface area contributed by atoms with E-state index in [2.05, 4.69) is 15.0 Å². The minimum atomic E-state index is -0.102. The summed E-state index contributed by atoms with van der Waals surface area (Å²) in [6.07, 6.45) is 3.85. The van der Waals surface area contributed by atoms with Gasteiger partial charge in [0.1, 0.15) is 5.65 Å². The van der Waals surface area contributed by atoms with E-state index >= 15 is 0 Å². The molecule has 18 heavy (non-hydrogen) atoms. The Morgan fingerprint density at radius 2 is 2.44 bits per heavy atom. The van der Waals surface area contributed by atoms with Crippen molar-refractivity contribution in [1.82, 2.24) is 15.0 Å². The maximum Gasteiger partial charge on any atom is 0.260 e. The van der Waals surface area contributed by atoms with Gasteiger partial charge in [0.05, 0.1) is 24.4 Å². The third-order valence-corrected chi connectivity index (χ3v) is 3.26. The van der Waals surface area contributed by atoms with Crippen molar-refractivity contribution >= 4 is 11.0 Å². The van der Waals surface area contributed by atoms with Crippen molar-refractivity contribution in [3.05, 3.63) is 27.9 Å². The Balaban J connectivity index is 1.98. The first kappa shape index (κ1) is 11.4. The average molecular weight is 249 g/mol. The van der Waals surface area contributed by atoms with Crippen LogP contribution in [0.25, 0.3) is 11.0 Å². The summed E-state index contributed by atoms with van der Waals surface area (Å²) in [6.45, 7) is 2.41. The van der Waals surface area contributed by atoms with E-state index in [0.29, 0.717) is 24.1 Å². The Bertz CT molecular complexity index is 617. The van der Waals surface area contributed by atoms with Crippen molar-refractivity contribution < 1.29 is 9.78 Å². The van der Waals surface area contributed by atoms with Crippen LogP contribution in [-0.4, -0.2) is 27.7 Å². The van der Waals surface area contributed by atoms with Gasteiger partial charge < -0.3 is 9.97 Å². The first-order chi connectivity index (χ1) is 8.79. The fourth-order valence-electron chi connectivity index (χ4n) is 2.46. The van der Waals surface area contributed by atoms with Gasteiger partial charge in [0.25, 0.3) is 5.56 Å². The van der Waals surface area contributed by atoms with Crippen LogP contribution in [0.1, 0.15) is 24.6 Å². The van der Waals surface area contributed by atoms with E-state index in [1.807, 2.05) is 6.92 Å². The predicted octanol–water partition coefficient (Wildman–Crippen LogP) is 1.08. The molecule has 1 atom stereocenters. The summed E-state index contributed by atoms with van der Waals surface area (Å²) in [4.78, 5) is 32.1. The van der Waals surface area contributed by atoms with Gasteiger partial charge in [-0.3, -0.25) is 4.79 Å². The van der Waals surface area contributed by atoms with Gasteiger partial charge in [0.15, 0.2) is 0 Å². The molecular weight excluding hydrogens is 234 g/mol. The number of aromatic amines is 2. The summed E-state index contributed by atoms with van der Waals surface area (Å²) < 4.78 is 0. The zero-order valence-corrected chi connectivity index (χ0v) is 10.2. The first-order valence-electron chi connectivity index (χ1n) is 6.15. The second kappa shape index (κ2) is 4.55. The zero-order valence-electron chi connectivity index (χ0n) is 10.2. The van der Waals surface area contributed by atoms with Crippen LogP contribution in [-0.2, 0) is 22.6 Å². The molecular formula is C12H15N3O3. The second-order valence-electron chi connectivity index (χ2n) is 4.40. The normalized spacial score (nSPS) is 19.1. The maximum absolute atomic E-state index is 11.8. The Labute approximate surface area is 103 Å². The molecule has 2 heterocycles. The molecule has 0 bridgehead atoms. The van der Waals surface area contributed by atoms with Crippen LogP contribution >= 0.6 is 0 Å². The summed E-state index contributed by atoms with van der Waals surface area (Å²) in [5.41, 5.74) is 2.65. The number of nitrogens with one attached hydrogen (secondary N) is 2. The van der Waals surface area contributed by atoms with Gasteiger partial charge in [-0.05, 0) is 25.3 Å². The highest BCUT2D eigenvalue weighted by atomic mass is 17.2. The smallest absolute Gasteiger partial charge is 0.260 e. The van der Waals surface area contributed by atoms with Gasteiger partial charge in [-0.25, -0.2) is 14.8 Å². The van der Waals surface area contributed by atoms with Crippen LogP contribution in [0, 0.1) is 0 Å². The highest BCUT2D eigenvalue weighted by Gasteiger charge is 2.25. The van der Waals surface area contributed by atoms with Crippen molar-refractivity contribution in [3.8, 4) is 0 Å². The first-order valence-corrected chi connectivity index (χ1v) is 6.15. The molecule has 2 aromatic rings. The van der Waals surface area contributed by atoms with Crippen molar-refractivity contribution in [2.75, 3.05) is 6.61 Å². The predicted molar refractivity (Wildman–Crippen MR) is 65.2 cm³/mol. The molecule has 0 fully saturated rings. The van der Waals surface area contributed by atoms with Gasteiger partial charge in [-0.15, -0.1) is 0 Å². The molecule has 0 saturated carbocycles. The molecule has 2 N–H and O–H groups in total. The molecule has 3 rings (SSSR count). The molecule has 0 aliphatic heterocycles. The topological polar surface area (TPSA) is 80.0 Å². The number of nitrogens with zero attached hydrogens (tertiary/aromatic N) is 1. The number of aromatic nitrogens is 3. The highest BCUT2D eigenvalue weighted by Crippen LogP contribution is 2.27. The molecule has 1 aliphatic rings. The molecule has 2 aromatic heterocycles. The van der Waals surface area contributed by atoms with E-state index in [9.17, 15) is 4.79 Å². The molecule has 0 spiro atoms. The average Bonchev–Trinajstić information content (AvgIpc) is 2.75. The lowest BCUT2D eigenvalue weighted by Gasteiger charge is -2.20. The van der Waals surface area contributed by atoms with Crippen molar-refractivity contribution in [1.29, 1.82) is 0 Å². The number of hydrogen-bond donors (Lipinski definition) is 2. The summed E-state index contributed by atoms with van der Waals surface area (Å²) >= 11 is 0. The highest BCUT2D eigenvalue weighted by molar-refractivity contribution is 5.80. The summed E-state index contributed by atoms with van der Waals surface area (Å²) in [5, 5.41) is 0.650. The van der Waals surface area contributed by atoms with Gasteiger partial charge >= 0.3 is 0 Å². The van der Waals surface area contributed by atoms with Crippen molar-refractivity contribution in [3.63, 3.8) is 0 Å². The lowest BCUT2D eigenvalue weighted by atomic mass is 9.94. The van der Waals surface area contributed by atoms with Crippen LogP contribution in [0.2, 0.25) is 0 Å². The Hall–Kier alpha value is -1.66. The van der Waals surface area contributed by atoms with E-state index in [-0.39, 0.29) is 11.7 Å². The van der Waals surface area contributed by atoms with Crippen molar-refractivity contribution in [2.24, 2.45) is 0 Å². The van der Waals surface area contributed by atoms with E-state index < -0.39 is 0 Å². The number of H-pyrrole nitrogens is 2. The minimum Gasteiger partial charge on any atom is -0.343 e. The number of aryl methyl sites for hydroxylation is 1. The minimum absolute atomic E-state index is 0.0102. The Kier molecular flexibility index (Phi) is 2.89. The van der Waals surface area contributed by atoms with Crippen LogP contribution in [0.15, 0.2) is 11.1 Å². The van der Waals surface area contributed by atoms with Gasteiger partial charge in [0.2, 0.25) is 0 Å². The van der Waals surface area contributed by atoms with E-state index in [0.717, 1.165) is 24.1 Å². The van der Waals surface area contributed by atoms with E-state index in [4.69, 9.17) is 9.78 Å². The molecule has 0 amide bonds. The van der Waals surface area contributed by atoms with E-state index in [1.54, 1.807) is 0 Å². The fourth-order valence-corrected chi connectivity index (χ4v) is 2.46.